The van der Waals surface area contributed by atoms with Crippen LogP contribution in [0.4, 0.5) is 5.00 Å². The zero-order valence-electron chi connectivity index (χ0n) is 13.5. The maximum atomic E-state index is 12.4. The summed E-state index contributed by atoms with van der Waals surface area (Å²) in [6.07, 6.45) is 4.10. The van der Waals surface area contributed by atoms with Crippen molar-refractivity contribution in [2.24, 2.45) is 5.92 Å². The molecule has 0 radical (unpaired) electrons. The molecule has 0 aliphatic heterocycles. The van der Waals surface area contributed by atoms with Crippen molar-refractivity contribution in [3.8, 4) is 0 Å². The first kappa shape index (κ1) is 17.2. The number of fused-ring (bicyclic) bond motifs is 1. The van der Waals surface area contributed by atoms with Crippen molar-refractivity contribution in [2.45, 2.75) is 46.5 Å². The van der Waals surface area contributed by atoms with Gasteiger partial charge in [0.25, 0.3) is 0 Å². The summed E-state index contributed by atoms with van der Waals surface area (Å²) >= 11 is 6.95. The van der Waals surface area contributed by atoms with Crippen LogP contribution in [0.3, 0.4) is 0 Å². The molecule has 0 aromatic carbocycles. The Balaban J connectivity index is 2.27. The van der Waals surface area contributed by atoms with E-state index >= 15 is 0 Å². The number of ether oxygens (including phenoxy) is 1. The fourth-order valence-corrected chi connectivity index (χ4v) is 4.32. The number of carbonyl (C=O) groups is 1. The maximum Gasteiger partial charge on any atom is 0.341 e. The van der Waals surface area contributed by atoms with Gasteiger partial charge in [-0.1, -0.05) is 13.8 Å². The Kier molecular flexibility index (Phi) is 6.20. The minimum absolute atomic E-state index is 0.240. The van der Waals surface area contributed by atoms with Crippen molar-refractivity contribution in [3.05, 3.63) is 16.0 Å². The van der Waals surface area contributed by atoms with E-state index in [1.807, 2.05) is 6.92 Å². The molecule has 122 valence electrons. The van der Waals surface area contributed by atoms with E-state index in [1.165, 1.54) is 4.88 Å². The van der Waals surface area contributed by atoms with Gasteiger partial charge in [-0.2, -0.15) is 0 Å². The van der Waals surface area contributed by atoms with Gasteiger partial charge in [-0.3, -0.25) is 0 Å². The second kappa shape index (κ2) is 7.92. The van der Waals surface area contributed by atoms with Crippen LogP contribution in [0.15, 0.2) is 0 Å². The van der Waals surface area contributed by atoms with Crippen molar-refractivity contribution in [1.29, 1.82) is 0 Å². The SMILES string of the molecule is CCCNC(=S)Nc1sc2c(c1C(=O)OCC)CC[C@@H](C)C2. The molecule has 0 unspecified atom stereocenters. The van der Waals surface area contributed by atoms with Crippen LogP contribution in [0.1, 0.15) is 54.4 Å². The average Bonchev–Trinajstić information content (AvgIpc) is 2.82. The molecule has 2 rings (SSSR count). The molecule has 0 amide bonds. The van der Waals surface area contributed by atoms with Crippen LogP contribution < -0.4 is 10.6 Å². The van der Waals surface area contributed by atoms with Gasteiger partial charge in [0.05, 0.1) is 12.2 Å². The minimum atomic E-state index is -0.240. The van der Waals surface area contributed by atoms with Crippen LogP contribution in [0.2, 0.25) is 0 Å². The van der Waals surface area contributed by atoms with E-state index in [4.69, 9.17) is 17.0 Å². The first-order valence-electron chi connectivity index (χ1n) is 7.93. The van der Waals surface area contributed by atoms with Gasteiger partial charge < -0.3 is 15.4 Å². The highest BCUT2D eigenvalue weighted by molar-refractivity contribution is 7.80. The number of anilines is 1. The largest absolute Gasteiger partial charge is 0.462 e. The molecule has 0 bridgehead atoms. The number of hydrogen-bond donors (Lipinski definition) is 2. The van der Waals surface area contributed by atoms with Gasteiger partial charge in [-0.25, -0.2) is 4.79 Å². The molecule has 0 fully saturated rings. The molecule has 22 heavy (non-hydrogen) atoms. The van der Waals surface area contributed by atoms with Gasteiger partial charge in [-0.15, -0.1) is 11.3 Å². The predicted molar refractivity (Wildman–Crippen MR) is 96.0 cm³/mol. The zero-order chi connectivity index (χ0) is 16.1. The highest BCUT2D eigenvalue weighted by Crippen LogP contribution is 2.40. The summed E-state index contributed by atoms with van der Waals surface area (Å²) in [5, 5.41) is 7.73. The van der Waals surface area contributed by atoms with Gasteiger partial charge in [0.15, 0.2) is 5.11 Å². The van der Waals surface area contributed by atoms with Crippen molar-refractivity contribution < 1.29 is 9.53 Å². The highest BCUT2D eigenvalue weighted by Gasteiger charge is 2.28. The van der Waals surface area contributed by atoms with Gasteiger partial charge in [-0.05, 0) is 56.3 Å². The van der Waals surface area contributed by atoms with Crippen LogP contribution in [0, 0.1) is 5.92 Å². The summed E-state index contributed by atoms with van der Waals surface area (Å²) in [6.45, 7) is 7.39. The molecule has 1 aromatic heterocycles. The Morgan fingerprint density at radius 2 is 2.23 bits per heavy atom. The standard InChI is InChI=1S/C16H24N2O2S2/c1-4-8-17-16(21)18-14-13(15(19)20-5-2)11-7-6-10(3)9-12(11)22-14/h10H,4-9H2,1-3H3,(H2,17,18,21)/t10-/m1/s1. The number of thiophene rings is 1. The number of carbonyl (C=O) groups excluding carboxylic acids is 1. The topological polar surface area (TPSA) is 50.4 Å². The summed E-state index contributed by atoms with van der Waals surface area (Å²) in [4.78, 5) is 13.7. The number of esters is 1. The molecule has 0 saturated heterocycles. The summed E-state index contributed by atoms with van der Waals surface area (Å²) in [7, 11) is 0. The van der Waals surface area contributed by atoms with Crippen molar-refractivity contribution in [2.75, 3.05) is 18.5 Å². The molecule has 1 heterocycles. The van der Waals surface area contributed by atoms with E-state index in [-0.39, 0.29) is 5.97 Å². The van der Waals surface area contributed by atoms with E-state index in [0.29, 0.717) is 23.2 Å². The first-order valence-corrected chi connectivity index (χ1v) is 9.15. The Bertz CT molecular complexity index is 555. The molecule has 0 saturated carbocycles. The molecule has 1 aromatic rings. The van der Waals surface area contributed by atoms with Crippen molar-refractivity contribution in [1.82, 2.24) is 5.32 Å². The molecule has 6 heteroatoms. The fourth-order valence-electron chi connectivity index (χ4n) is 2.64. The van der Waals surface area contributed by atoms with Crippen LogP contribution >= 0.6 is 23.6 Å². The molecule has 1 aliphatic carbocycles. The third-order valence-electron chi connectivity index (χ3n) is 3.75. The Hall–Kier alpha value is -1.14. The molecule has 1 atom stereocenters. The smallest absolute Gasteiger partial charge is 0.341 e. The monoisotopic (exact) mass is 340 g/mol. The van der Waals surface area contributed by atoms with Crippen molar-refractivity contribution >= 4 is 39.6 Å². The Labute approximate surface area is 141 Å². The zero-order valence-corrected chi connectivity index (χ0v) is 15.1. The molecule has 2 N–H and O–H groups in total. The van der Waals surface area contributed by atoms with Crippen LogP contribution in [0.25, 0.3) is 0 Å². The van der Waals surface area contributed by atoms with E-state index in [1.54, 1.807) is 11.3 Å². The summed E-state index contributed by atoms with van der Waals surface area (Å²) in [5.41, 5.74) is 1.84. The molecule has 4 nitrogen and oxygen atoms in total. The third kappa shape index (κ3) is 3.98. The molecular formula is C16H24N2O2S2. The fraction of sp³-hybridized carbons (Fsp3) is 0.625. The summed E-state index contributed by atoms with van der Waals surface area (Å²) in [5.74, 6) is 0.426. The van der Waals surface area contributed by atoms with E-state index in [9.17, 15) is 4.79 Å². The number of rotatable bonds is 5. The normalized spacial score (nSPS) is 16.8. The summed E-state index contributed by atoms with van der Waals surface area (Å²) in [6, 6.07) is 0. The predicted octanol–water partition coefficient (Wildman–Crippen LogP) is 3.75. The molecule has 1 aliphatic rings. The first-order chi connectivity index (χ1) is 10.6. The van der Waals surface area contributed by atoms with Crippen LogP contribution in [0.5, 0.6) is 0 Å². The number of nitrogens with one attached hydrogen (secondary N) is 2. The van der Waals surface area contributed by atoms with Gasteiger partial charge in [0, 0.05) is 11.4 Å². The van der Waals surface area contributed by atoms with Crippen LogP contribution in [-0.4, -0.2) is 24.2 Å². The van der Waals surface area contributed by atoms with Crippen molar-refractivity contribution in [3.63, 3.8) is 0 Å². The Morgan fingerprint density at radius 3 is 2.91 bits per heavy atom. The third-order valence-corrected chi connectivity index (χ3v) is 5.17. The lowest BCUT2D eigenvalue weighted by molar-refractivity contribution is 0.0526. The van der Waals surface area contributed by atoms with E-state index < -0.39 is 0 Å². The second-order valence-electron chi connectivity index (χ2n) is 5.66. The average molecular weight is 341 g/mol. The van der Waals surface area contributed by atoms with Gasteiger partial charge in [0.1, 0.15) is 5.00 Å². The molecule has 0 spiro atoms. The lowest BCUT2D eigenvalue weighted by atomic mass is 9.88. The lowest BCUT2D eigenvalue weighted by Crippen LogP contribution is -2.29. The van der Waals surface area contributed by atoms with Gasteiger partial charge >= 0.3 is 5.97 Å². The van der Waals surface area contributed by atoms with Crippen LogP contribution in [-0.2, 0) is 17.6 Å². The molecular weight excluding hydrogens is 316 g/mol. The van der Waals surface area contributed by atoms with Gasteiger partial charge in [0.2, 0.25) is 0 Å². The number of thiocarbonyl (C=S) groups is 1. The van der Waals surface area contributed by atoms with E-state index in [0.717, 1.165) is 42.8 Å². The number of hydrogen-bond acceptors (Lipinski definition) is 4. The van der Waals surface area contributed by atoms with E-state index in [2.05, 4.69) is 24.5 Å². The Morgan fingerprint density at radius 1 is 1.45 bits per heavy atom. The second-order valence-corrected chi connectivity index (χ2v) is 7.17. The maximum absolute atomic E-state index is 12.4. The lowest BCUT2D eigenvalue weighted by Gasteiger charge is -2.18. The minimum Gasteiger partial charge on any atom is -0.462 e. The summed E-state index contributed by atoms with van der Waals surface area (Å²) < 4.78 is 5.25. The highest BCUT2D eigenvalue weighted by atomic mass is 32.1. The quantitative estimate of drug-likeness (QED) is 0.631.